The number of nitrogen functional groups attached to an aromatic ring is 1. The summed E-state index contributed by atoms with van der Waals surface area (Å²) in [6.45, 7) is 4.35. The normalized spacial score (nSPS) is 17.7. The number of hydrogen-bond acceptors (Lipinski definition) is 4. The van der Waals surface area contributed by atoms with Crippen molar-refractivity contribution >= 4 is 33.6 Å². The number of anilines is 1. The van der Waals surface area contributed by atoms with E-state index < -0.39 is 0 Å². The van der Waals surface area contributed by atoms with Gasteiger partial charge < -0.3 is 5.73 Å². The molecule has 0 aromatic carbocycles. The molecule has 0 unspecified atom stereocenters. The maximum absolute atomic E-state index is 5.70. The fourth-order valence-corrected chi connectivity index (χ4v) is 2.82. The monoisotopic (exact) mass is 288 g/mol. The van der Waals surface area contributed by atoms with Crippen molar-refractivity contribution < 1.29 is 0 Å². The molecule has 1 aliphatic carbocycles. The van der Waals surface area contributed by atoms with Gasteiger partial charge in [-0.1, -0.05) is 33.8 Å². The molecule has 0 radical (unpaired) electrons. The van der Waals surface area contributed by atoms with Crippen molar-refractivity contribution in [3.63, 3.8) is 0 Å². The van der Waals surface area contributed by atoms with Gasteiger partial charge in [0.15, 0.2) is 5.16 Å². The van der Waals surface area contributed by atoms with Gasteiger partial charge in [-0.15, -0.1) is 16.8 Å². The van der Waals surface area contributed by atoms with Crippen LogP contribution in [0.2, 0.25) is 0 Å². The zero-order valence-electron chi connectivity index (χ0n) is 8.32. The van der Waals surface area contributed by atoms with Gasteiger partial charge in [0.25, 0.3) is 0 Å². The molecule has 1 aliphatic rings. The molecule has 0 saturated heterocycles. The molecule has 1 saturated carbocycles. The predicted molar refractivity (Wildman–Crippen MR) is 66.2 cm³/mol. The van der Waals surface area contributed by atoms with Gasteiger partial charge in [0.05, 0.1) is 0 Å². The molecule has 2 N–H and O–H groups in total. The second-order valence-electron chi connectivity index (χ2n) is 3.68. The highest BCUT2D eigenvalue weighted by Gasteiger charge is 2.40. The van der Waals surface area contributed by atoms with Crippen LogP contribution in [0.1, 0.15) is 12.8 Å². The third kappa shape index (κ3) is 2.55. The van der Waals surface area contributed by atoms with Crippen LogP contribution in [0.15, 0.2) is 17.8 Å². The van der Waals surface area contributed by atoms with Gasteiger partial charge in [-0.2, -0.15) is 0 Å². The maximum atomic E-state index is 5.70. The van der Waals surface area contributed by atoms with E-state index in [0.29, 0.717) is 16.8 Å². The van der Waals surface area contributed by atoms with Gasteiger partial charge in [-0.3, -0.25) is 4.57 Å². The molecular formula is C9H13BrN4S. The number of nitrogens with zero attached hydrogens (tertiary/aromatic N) is 3. The van der Waals surface area contributed by atoms with Crippen LogP contribution in [-0.2, 0) is 6.54 Å². The summed E-state index contributed by atoms with van der Waals surface area (Å²) in [6.07, 6.45) is 4.28. The Balaban J connectivity index is 2.03. The minimum Gasteiger partial charge on any atom is -0.368 e. The first-order valence-corrected chi connectivity index (χ1v) is 6.54. The summed E-state index contributed by atoms with van der Waals surface area (Å²) in [5, 5.41) is 8.78. The molecule has 0 atom stereocenters. The van der Waals surface area contributed by atoms with Crippen LogP contribution < -0.4 is 5.73 Å². The number of alkyl halides is 1. The Hall–Kier alpha value is -0.490. The Morgan fingerprint density at radius 3 is 2.93 bits per heavy atom. The summed E-state index contributed by atoms with van der Waals surface area (Å²) in [6, 6.07) is 0. The van der Waals surface area contributed by atoms with E-state index in [4.69, 9.17) is 5.73 Å². The smallest absolute Gasteiger partial charge is 0.222 e. The van der Waals surface area contributed by atoms with E-state index in [-0.39, 0.29) is 0 Å². The van der Waals surface area contributed by atoms with Crippen molar-refractivity contribution in [2.24, 2.45) is 0 Å². The first kappa shape index (κ1) is 11.0. The highest BCUT2D eigenvalue weighted by Crippen LogP contribution is 2.47. The second kappa shape index (κ2) is 4.17. The minimum absolute atomic E-state index is 0.331. The first-order chi connectivity index (χ1) is 7.14. The first-order valence-electron chi connectivity index (χ1n) is 4.76. The third-order valence-electron chi connectivity index (χ3n) is 2.31. The molecule has 1 fully saturated rings. The standard InChI is InChI=1S/C9H13BrN4S/c1-2-5-14-7(11)12-13-8(14)15-6-9(10)3-4-9/h2H,1,3-6H2,(H2,11,12). The molecule has 0 spiro atoms. The summed E-state index contributed by atoms with van der Waals surface area (Å²) in [7, 11) is 0. The van der Waals surface area contributed by atoms with E-state index in [9.17, 15) is 0 Å². The Kier molecular flexibility index (Phi) is 3.06. The zero-order valence-corrected chi connectivity index (χ0v) is 10.7. The molecular weight excluding hydrogens is 276 g/mol. The summed E-state index contributed by atoms with van der Waals surface area (Å²) >= 11 is 5.38. The third-order valence-corrected chi connectivity index (χ3v) is 5.01. The number of rotatable bonds is 5. The molecule has 6 heteroatoms. The van der Waals surface area contributed by atoms with Gasteiger partial charge in [0.1, 0.15) is 0 Å². The van der Waals surface area contributed by atoms with E-state index in [1.165, 1.54) is 12.8 Å². The van der Waals surface area contributed by atoms with Crippen LogP contribution in [-0.4, -0.2) is 24.8 Å². The highest BCUT2D eigenvalue weighted by molar-refractivity contribution is 9.10. The van der Waals surface area contributed by atoms with E-state index in [1.54, 1.807) is 17.8 Å². The molecule has 1 aromatic heterocycles. The largest absolute Gasteiger partial charge is 0.368 e. The van der Waals surface area contributed by atoms with Crippen molar-refractivity contribution in [3.05, 3.63) is 12.7 Å². The van der Waals surface area contributed by atoms with Crippen LogP contribution >= 0.6 is 27.7 Å². The summed E-state index contributed by atoms with van der Waals surface area (Å²) < 4.78 is 2.20. The number of allylic oxidation sites excluding steroid dienone is 1. The van der Waals surface area contributed by atoms with Gasteiger partial charge in [-0.25, -0.2) is 0 Å². The van der Waals surface area contributed by atoms with Crippen LogP contribution in [0, 0.1) is 0 Å². The van der Waals surface area contributed by atoms with Crippen LogP contribution in [0.3, 0.4) is 0 Å². The minimum atomic E-state index is 0.331. The van der Waals surface area contributed by atoms with Crippen LogP contribution in [0.25, 0.3) is 0 Å². The van der Waals surface area contributed by atoms with E-state index >= 15 is 0 Å². The van der Waals surface area contributed by atoms with Crippen molar-refractivity contribution in [2.75, 3.05) is 11.5 Å². The topological polar surface area (TPSA) is 56.7 Å². The lowest BCUT2D eigenvalue weighted by Crippen LogP contribution is -2.05. The van der Waals surface area contributed by atoms with Crippen molar-refractivity contribution in [3.8, 4) is 0 Å². The molecule has 0 bridgehead atoms. The predicted octanol–water partition coefficient (Wildman–Crippen LogP) is 2.07. The lowest BCUT2D eigenvalue weighted by Gasteiger charge is -2.06. The average Bonchev–Trinajstić information content (AvgIpc) is 2.84. The SMILES string of the molecule is C=CCn1c(N)nnc1SCC1(Br)CC1. The number of nitrogens with two attached hydrogens (primary N) is 1. The molecule has 2 rings (SSSR count). The van der Waals surface area contributed by atoms with Crippen molar-refractivity contribution in [1.82, 2.24) is 14.8 Å². The molecule has 0 amide bonds. The fraction of sp³-hybridized carbons (Fsp3) is 0.556. The molecule has 1 heterocycles. The Labute approximate surface area is 101 Å². The number of hydrogen-bond donors (Lipinski definition) is 1. The van der Waals surface area contributed by atoms with E-state index in [2.05, 4.69) is 32.7 Å². The van der Waals surface area contributed by atoms with Gasteiger partial charge >= 0.3 is 0 Å². The fourth-order valence-electron chi connectivity index (χ4n) is 1.18. The molecule has 4 nitrogen and oxygen atoms in total. The lowest BCUT2D eigenvalue weighted by atomic mass is 10.5. The van der Waals surface area contributed by atoms with Gasteiger partial charge in [0.2, 0.25) is 5.95 Å². The summed E-state index contributed by atoms with van der Waals surface area (Å²) in [5.74, 6) is 1.47. The van der Waals surface area contributed by atoms with Crippen molar-refractivity contribution in [1.29, 1.82) is 0 Å². The van der Waals surface area contributed by atoms with Gasteiger partial charge in [0, 0.05) is 16.6 Å². The van der Waals surface area contributed by atoms with Gasteiger partial charge in [-0.05, 0) is 12.8 Å². The summed E-state index contributed by atoms with van der Waals surface area (Å²) in [4.78, 5) is 0. The van der Waals surface area contributed by atoms with Crippen molar-refractivity contribution in [2.45, 2.75) is 28.9 Å². The Morgan fingerprint density at radius 2 is 2.33 bits per heavy atom. The summed E-state index contributed by atoms with van der Waals surface area (Å²) in [5.41, 5.74) is 5.70. The van der Waals surface area contributed by atoms with E-state index in [1.807, 2.05) is 4.57 Å². The quantitative estimate of drug-likeness (QED) is 0.512. The highest BCUT2D eigenvalue weighted by atomic mass is 79.9. The second-order valence-corrected chi connectivity index (χ2v) is 6.30. The molecule has 82 valence electrons. The number of thioether (sulfide) groups is 1. The molecule has 1 aromatic rings. The average molecular weight is 289 g/mol. The molecule has 0 aliphatic heterocycles. The molecule has 15 heavy (non-hydrogen) atoms. The van der Waals surface area contributed by atoms with Crippen LogP contribution in [0.5, 0.6) is 0 Å². The number of halogens is 1. The van der Waals surface area contributed by atoms with Crippen LogP contribution in [0.4, 0.5) is 5.95 Å². The Bertz CT molecular complexity index is 372. The Morgan fingerprint density at radius 1 is 1.60 bits per heavy atom. The zero-order chi connectivity index (χ0) is 10.9. The number of aromatic nitrogens is 3. The maximum Gasteiger partial charge on any atom is 0.222 e. The van der Waals surface area contributed by atoms with E-state index in [0.717, 1.165) is 10.9 Å². The lowest BCUT2D eigenvalue weighted by molar-refractivity contribution is 0.733.